The fourth-order valence-electron chi connectivity index (χ4n) is 7.19. The van der Waals surface area contributed by atoms with E-state index >= 15 is 0 Å². The van der Waals surface area contributed by atoms with Crippen LogP contribution in [0.5, 0.6) is 11.5 Å². The first-order chi connectivity index (χ1) is 24.3. The molecule has 4 fully saturated rings. The number of hydrogen-bond acceptors (Lipinski definition) is 18. The standard InChI is InChI=1S/C33H42O18/c1-13-26(48-20(38)7-5-15-4-6-17(37)18(10-15)43-3)28(46-14(2)36)25(42)32(45-13)49-27-16-8-9-44-30(21(16)33(12-35)29(27)51-33)50-31-24(41)23(40)22(39)19(11-34)47-31/h4-10,13,16,19,21-32,34-35,37,39-42H,11-12H2,1-3H3/b7-5+/t13-,16+,19+,21+,22+,23-,24+,25+,26-,27-,28-,29-,30-,31-,32-,33+/m0/s1. The fourth-order valence-corrected chi connectivity index (χ4v) is 7.19. The molecule has 18 heteroatoms. The van der Waals surface area contributed by atoms with Gasteiger partial charge in [0.1, 0.15) is 42.2 Å². The summed E-state index contributed by atoms with van der Waals surface area (Å²) in [6.45, 7) is 1.48. The normalized spacial score (nSPS) is 42.8. The van der Waals surface area contributed by atoms with Crippen LogP contribution in [0.3, 0.4) is 0 Å². The molecule has 282 valence electrons. The van der Waals surface area contributed by atoms with Gasteiger partial charge in [-0.05, 0) is 36.8 Å². The van der Waals surface area contributed by atoms with Crippen LogP contribution in [-0.4, -0.2) is 154 Å². The Bertz CT molecular complexity index is 1480. The van der Waals surface area contributed by atoms with E-state index in [0.717, 1.165) is 13.0 Å². The molecule has 51 heavy (non-hydrogen) atoms. The van der Waals surface area contributed by atoms with Crippen LogP contribution in [0.25, 0.3) is 6.08 Å². The molecule has 18 nitrogen and oxygen atoms in total. The summed E-state index contributed by atoms with van der Waals surface area (Å²) in [5.41, 5.74) is -0.746. The molecule has 1 aromatic rings. The van der Waals surface area contributed by atoms with Gasteiger partial charge in [-0.1, -0.05) is 6.07 Å². The molecule has 0 spiro atoms. The lowest BCUT2D eigenvalue weighted by Gasteiger charge is -2.44. The molecule has 16 atom stereocenters. The van der Waals surface area contributed by atoms with Crippen molar-refractivity contribution >= 4 is 18.0 Å². The third kappa shape index (κ3) is 7.06. The van der Waals surface area contributed by atoms with Crippen LogP contribution in [0.4, 0.5) is 0 Å². The highest BCUT2D eigenvalue weighted by Gasteiger charge is 2.77. The van der Waals surface area contributed by atoms with E-state index in [1.165, 1.54) is 38.5 Å². The number of carbonyl (C=O) groups is 2. The lowest BCUT2D eigenvalue weighted by atomic mass is 9.85. The number of methoxy groups -OCH3 is 1. The topological polar surface area (TPSA) is 262 Å². The summed E-state index contributed by atoms with van der Waals surface area (Å²) in [5.74, 6) is -2.90. The van der Waals surface area contributed by atoms with E-state index in [4.69, 9.17) is 42.6 Å². The number of hydrogen-bond donors (Lipinski definition) is 7. The van der Waals surface area contributed by atoms with E-state index in [2.05, 4.69) is 0 Å². The Balaban J connectivity index is 1.15. The number of aliphatic hydroxyl groups is 6. The van der Waals surface area contributed by atoms with Crippen LogP contribution in [0.15, 0.2) is 36.6 Å². The second-order valence-electron chi connectivity index (χ2n) is 13.0. The predicted octanol–water partition coefficient (Wildman–Crippen LogP) is -2.19. The van der Waals surface area contributed by atoms with E-state index in [1.54, 1.807) is 12.1 Å². The molecule has 0 aromatic heterocycles. The maximum absolute atomic E-state index is 12.9. The van der Waals surface area contributed by atoms with Gasteiger partial charge in [0.15, 0.2) is 36.3 Å². The molecule has 0 radical (unpaired) electrons. The molecule has 0 unspecified atom stereocenters. The minimum atomic E-state index is -1.72. The van der Waals surface area contributed by atoms with Crippen molar-refractivity contribution in [3.63, 3.8) is 0 Å². The number of fused-ring (bicyclic) bond motifs is 3. The Kier molecular flexibility index (Phi) is 10.9. The highest BCUT2D eigenvalue weighted by Crippen LogP contribution is 2.61. The first kappa shape index (κ1) is 37.4. The molecule has 1 saturated carbocycles. The van der Waals surface area contributed by atoms with Crippen LogP contribution >= 0.6 is 0 Å². The van der Waals surface area contributed by atoms with Crippen molar-refractivity contribution in [1.29, 1.82) is 0 Å². The lowest BCUT2D eigenvalue weighted by Crippen LogP contribution is -2.61. The summed E-state index contributed by atoms with van der Waals surface area (Å²) >= 11 is 0. The Morgan fingerprint density at radius 2 is 1.67 bits per heavy atom. The molecule has 6 rings (SSSR count). The van der Waals surface area contributed by atoms with E-state index < -0.39 is 122 Å². The molecule has 4 heterocycles. The summed E-state index contributed by atoms with van der Waals surface area (Å²) in [6.07, 6.45) is -12.0. The zero-order chi connectivity index (χ0) is 36.8. The van der Waals surface area contributed by atoms with E-state index in [1.807, 2.05) is 0 Å². The lowest BCUT2D eigenvalue weighted by molar-refractivity contribution is -0.347. The smallest absolute Gasteiger partial charge is 0.331 e. The number of benzene rings is 1. The van der Waals surface area contributed by atoms with Crippen LogP contribution in [0, 0.1) is 11.8 Å². The van der Waals surface area contributed by atoms with Gasteiger partial charge in [0.2, 0.25) is 6.29 Å². The molecular formula is C33H42O18. The monoisotopic (exact) mass is 726 g/mol. The molecular weight excluding hydrogens is 684 g/mol. The third-order valence-corrected chi connectivity index (χ3v) is 9.81. The Labute approximate surface area is 291 Å². The molecule has 3 saturated heterocycles. The van der Waals surface area contributed by atoms with Gasteiger partial charge in [-0.25, -0.2) is 4.79 Å². The van der Waals surface area contributed by atoms with Gasteiger partial charge in [-0.3, -0.25) is 4.79 Å². The number of ether oxygens (including phenoxy) is 9. The number of aliphatic hydroxyl groups excluding tert-OH is 6. The van der Waals surface area contributed by atoms with E-state index in [-0.39, 0.29) is 11.5 Å². The molecule has 5 aliphatic rings. The highest BCUT2D eigenvalue weighted by molar-refractivity contribution is 5.87. The molecule has 7 N–H and O–H groups in total. The average Bonchev–Trinajstić information content (AvgIpc) is 3.78. The predicted molar refractivity (Wildman–Crippen MR) is 165 cm³/mol. The van der Waals surface area contributed by atoms with Crippen LogP contribution < -0.4 is 4.74 Å². The highest BCUT2D eigenvalue weighted by atomic mass is 16.8. The quantitative estimate of drug-likeness (QED) is 0.0726. The van der Waals surface area contributed by atoms with Gasteiger partial charge < -0.3 is 78.4 Å². The van der Waals surface area contributed by atoms with Crippen molar-refractivity contribution in [3.8, 4) is 11.5 Å². The van der Waals surface area contributed by atoms with Gasteiger partial charge in [0.25, 0.3) is 0 Å². The van der Waals surface area contributed by atoms with Crippen molar-refractivity contribution in [2.24, 2.45) is 11.8 Å². The summed E-state index contributed by atoms with van der Waals surface area (Å²) in [5, 5.41) is 72.2. The number of phenolic OH excluding ortho intramolecular Hbond substituents is 1. The van der Waals surface area contributed by atoms with Crippen LogP contribution in [0.2, 0.25) is 0 Å². The van der Waals surface area contributed by atoms with Gasteiger partial charge in [0, 0.05) is 18.9 Å². The Morgan fingerprint density at radius 1 is 0.922 bits per heavy atom. The third-order valence-electron chi connectivity index (χ3n) is 9.81. The van der Waals surface area contributed by atoms with Gasteiger partial charge in [-0.2, -0.15) is 0 Å². The Morgan fingerprint density at radius 3 is 2.35 bits per heavy atom. The summed E-state index contributed by atoms with van der Waals surface area (Å²) < 4.78 is 51.3. The fraction of sp³-hybridized carbons (Fsp3) is 0.636. The van der Waals surface area contributed by atoms with Gasteiger partial charge in [0.05, 0.1) is 44.7 Å². The van der Waals surface area contributed by atoms with Crippen molar-refractivity contribution in [1.82, 2.24) is 0 Å². The zero-order valence-electron chi connectivity index (χ0n) is 27.7. The molecule has 0 amide bonds. The van der Waals surface area contributed by atoms with Crippen LogP contribution in [0.1, 0.15) is 19.4 Å². The van der Waals surface area contributed by atoms with Crippen molar-refractivity contribution in [3.05, 3.63) is 42.2 Å². The van der Waals surface area contributed by atoms with Crippen molar-refractivity contribution in [2.75, 3.05) is 20.3 Å². The molecule has 1 aliphatic carbocycles. The van der Waals surface area contributed by atoms with Crippen molar-refractivity contribution < 1.29 is 88.0 Å². The maximum atomic E-state index is 12.9. The van der Waals surface area contributed by atoms with Gasteiger partial charge in [-0.15, -0.1) is 0 Å². The van der Waals surface area contributed by atoms with E-state index in [0.29, 0.717) is 5.56 Å². The number of carbonyl (C=O) groups excluding carboxylic acids is 2. The van der Waals surface area contributed by atoms with Crippen molar-refractivity contribution in [2.45, 2.75) is 99.4 Å². The number of esters is 2. The largest absolute Gasteiger partial charge is 0.504 e. The van der Waals surface area contributed by atoms with Gasteiger partial charge >= 0.3 is 11.9 Å². The summed E-state index contributed by atoms with van der Waals surface area (Å²) in [6, 6.07) is 4.43. The summed E-state index contributed by atoms with van der Waals surface area (Å²) in [7, 11) is 1.38. The van der Waals surface area contributed by atoms with E-state index in [9.17, 15) is 45.3 Å². The minimum absolute atomic E-state index is 0.0853. The summed E-state index contributed by atoms with van der Waals surface area (Å²) in [4.78, 5) is 25.0. The second-order valence-corrected chi connectivity index (χ2v) is 13.0. The first-order valence-corrected chi connectivity index (χ1v) is 16.3. The van der Waals surface area contributed by atoms with Crippen LogP contribution in [-0.2, 0) is 47.5 Å². The first-order valence-electron chi connectivity index (χ1n) is 16.3. The molecule has 0 bridgehead atoms. The number of phenols is 1. The molecule has 1 aromatic carbocycles. The Hall–Kier alpha value is -3.40. The maximum Gasteiger partial charge on any atom is 0.331 e. The molecule has 4 aliphatic heterocycles. The average molecular weight is 727 g/mol. The minimum Gasteiger partial charge on any atom is -0.504 e. The number of rotatable bonds is 11. The second kappa shape index (κ2) is 14.9. The number of epoxide rings is 1. The SMILES string of the molecule is COc1cc(/C=C/C(=O)O[C@@H]2[C@@H](OC(C)=O)[C@@H](O)[C@H](O[C@H]3[C@@H]4C=CO[C@@H](O[C@@H]5O[C@H](CO)[C@@H](O)[C@H](O)[C@H]5O)[C@@H]4[C@@]4(CO)O[C@@H]34)O[C@H]2C)ccc1O. The zero-order valence-corrected chi connectivity index (χ0v) is 27.7. The number of aromatic hydroxyl groups is 1.